The molecule has 0 bridgehead atoms. The van der Waals surface area contributed by atoms with Crippen LogP contribution in [0.25, 0.3) is 0 Å². The number of carboxylic acids is 1. The van der Waals surface area contributed by atoms with Crippen molar-refractivity contribution in [3.63, 3.8) is 0 Å². The summed E-state index contributed by atoms with van der Waals surface area (Å²) in [6, 6.07) is 7.18. The van der Waals surface area contributed by atoms with Crippen LogP contribution in [0.1, 0.15) is 21.5 Å². The van der Waals surface area contributed by atoms with Gasteiger partial charge in [0.15, 0.2) is 0 Å². The van der Waals surface area contributed by atoms with Crippen LogP contribution < -0.4 is 9.47 Å². The molecule has 0 heterocycles. The van der Waals surface area contributed by atoms with E-state index in [0.29, 0.717) is 16.9 Å². The van der Waals surface area contributed by atoms with Gasteiger partial charge in [0.2, 0.25) is 0 Å². The fourth-order valence-corrected chi connectivity index (χ4v) is 2.18. The summed E-state index contributed by atoms with van der Waals surface area (Å²) in [4.78, 5) is 11.3. The quantitative estimate of drug-likeness (QED) is 0.785. The van der Waals surface area contributed by atoms with Crippen LogP contribution in [0.3, 0.4) is 0 Å². The predicted molar refractivity (Wildman–Crippen MR) is 79.1 cm³/mol. The van der Waals surface area contributed by atoms with Crippen molar-refractivity contribution in [1.82, 2.24) is 0 Å². The summed E-state index contributed by atoms with van der Waals surface area (Å²) in [5, 5.41) is 28.4. The number of carboxylic acid groups (broad SMARTS) is 1. The smallest absolute Gasteiger partial charge is 0.339 e. The van der Waals surface area contributed by atoms with Crippen molar-refractivity contribution >= 4 is 5.97 Å². The fraction of sp³-hybridized carbons (Fsp3) is 0.188. The van der Waals surface area contributed by atoms with Gasteiger partial charge in [0, 0.05) is 18.6 Å². The highest BCUT2D eigenvalue weighted by Crippen LogP contribution is 2.33. The lowest BCUT2D eigenvalue weighted by molar-refractivity contribution is 0.0693. The molecule has 0 saturated heterocycles. The first-order chi connectivity index (χ1) is 10.5. The molecule has 0 saturated carbocycles. The van der Waals surface area contributed by atoms with E-state index in [0.717, 1.165) is 0 Å². The summed E-state index contributed by atoms with van der Waals surface area (Å²) in [6.45, 7) is 0. The Morgan fingerprint density at radius 2 is 1.68 bits per heavy atom. The molecular weight excluding hydrogens is 288 g/mol. The molecule has 0 aliphatic heterocycles. The maximum Gasteiger partial charge on any atom is 0.339 e. The first-order valence-corrected chi connectivity index (χ1v) is 6.45. The maximum atomic E-state index is 11.3. The van der Waals surface area contributed by atoms with Gasteiger partial charge in [0.1, 0.15) is 28.6 Å². The molecular formula is C16H16O6. The third kappa shape index (κ3) is 3.06. The molecule has 2 aromatic rings. The molecule has 0 aliphatic carbocycles. The van der Waals surface area contributed by atoms with Crippen molar-refractivity contribution in [2.24, 2.45) is 0 Å². The zero-order chi connectivity index (χ0) is 16.3. The van der Waals surface area contributed by atoms with Gasteiger partial charge in [-0.15, -0.1) is 0 Å². The second-order valence-electron chi connectivity index (χ2n) is 4.66. The highest BCUT2D eigenvalue weighted by atomic mass is 16.5. The van der Waals surface area contributed by atoms with Crippen molar-refractivity contribution < 1.29 is 29.6 Å². The van der Waals surface area contributed by atoms with E-state index in [1.54, 1.807) is 6.07 Å². The number of methoxy groups -OCH3 is 2. The molecule has 0 fully saturated rings. The number of rotatable bonds is 5. The van der Waals surface area contributed by atoms with Crippen LogP contribution in [0.15, 0.2) is 30.3 Å². The van der Waals surface area contributed by atoms with E-state index in [4.69, 9.17) is 9.47 Å². The number of carbonyl (C=O) groups is 1. The third-order valence-electron chi connectivity index (χ3n) is 3.28. The minimum absolute atomic E-state index is 0.0107. The predicted octanol–water partition coefficient (Wildman–Crippen LogP) is 2.40. The van der Waals surface area contributed by atoms with E-state index in [1.807, 2.05) is 0 Å². The average Bonchev–Trinajstić information content (AvgIpc) is 2.49. The van der Waals surface area contributed by atoms with Crippen molar-refractivity contribution in [1.29, 1.82) is 0 Å². The minimum atomic E-state index is -1.12. The van der Waals surface area contributed by atoms with E-state index in [-0.39, 0.29) is 29.2 Å². The Morgan fingerprint density at radius 3 is 2.23 bits per heavy atom. The molecule has 0 spiro atoms. The average molecular weight is 304 g/mol. The summed E-state index contributed by atoms with van der Waals surface area (Å²) in [5.74, 6) is -0.586. The molecule has 0 aromatic heterocycles. The zero-order valence-corrected chi connectivity index (χ0v) is 12.2. The number of aromatic hydroxyl groups is 2. The van der Waals surface area contributed by atoms with E-state index < -0.39 is 5.97 Å². The van der Waals surface area contributed by atoms with E-state index in [1.165, 1.54) is 38.5 Å². The molecule has 6 nitrogen and oxygen atoms in total. The van der Waals surface area contributed by atoms with Crippen LogP contribution in [0, 0.1) is 0 Å². The lowest BCUT2D eigenvalue weighted by Crippen LogP contribution is -2.04. The van der Waals surface area contributed by atoms with Gasteiger partial charge in [-0.25, -0.2) is 4.79 Å². The molecule has 22 heavy (non-hydrogen) atoms. The molecule has 0 atom stereocenters. The maximum absolute atomic E-state index is 11.3. The number of hydrogen-bond acceptors (Lipinski definition) is 5. The largest absolute Gasteiger partial charge is 0.508 e. The van der Waals surface area contributed by atoms with Crippen molar-refractivity contribution in [2.45, 2.75) is 6.42 Å². The molecule has 0 unspecified atom stereocenters. The second kappa shape index (κ2) is 6.26. The van der Waals surface area contributed by atoms with Gasteiger partial charge in [0.05, 0.1) is 14.2 Å². The zero-order valence-electron chi connectivity index (χ0n) is 12.2. The van der Waals surface area contributed by atoms with Crippen LogP contribution in [-0.4, -0.2) is 35.5 Å². The molecule has 0 amide bonds. The number of phenols is 2. The van der Waals surface area contributed by atoms with Gasteiger partial charge < -0.3 is 24.8 Å². The van der Waals surface area contributed by atoms with Gasteiger partial charge in [-0.05, 0) is 23.3 Å². The highest BCUT2D eigenvalue weighted by molar-refractivity contribution is 5.91. The van der Waals surface area contributed by atoms with Gasteiger partial charge in [-0.1, -0.05) is 6.07 Å². The molecule has 2 aromatic carbocycles. The van der Waals surface area contributed by atoms with Crippen LogP contribution in [0.2, 0.25) is 0 Å². The lowest BCUT2D eigenvalue weighted by atomic mass is 10.00. The number of ether oxygens (including phenoxy) is 2. The Labute approximate surface area is 127 Å². The molecule has 0 aliphatic rings. The number of benzene rings is 2. The number of phenolic OH excluding ortho intramolecular Hbond substituents is 2. The molecule has 3 N–H and O–H groups in total. The Morgan fingerprint density at radius 1 is 1.00 bits per heavy atom. The van der Waals surface area contributed by atoms with Crippen LogP contribution in [-0.2, 0) is 6.42 Å². The van der Waals surface area contributed by atoms with E-state index >= 15 is 0 Å². The van der Waals surface area contributed by atoms with Crippen LogP contribution in [0.5, 0.6) is 23.0 Å². The molecule has 0 radical (unpaired) electrons. The first-order valence-electron chi connectivity index (χ1n) is 6.45. The summed E-state index contributed by atoms with van der Waals surface area (Å²) in [7, 11) is 2.85. The van der Waals surface area contributed by atoms with Crippen LogP contribution in [0.4, 0.5) is 0 Å². The van der Waals surface area contributed by atoms with Crippen molar-refractivity contribution in [3.05, 3.63) is 47.0 Å². The number of hydrogen-bond donors (Lipinski definition) is 3. The van der Waals surface area contributed by atoms with E-state index in [2.05, 4.69) is 0 Å². The topological polar surface area (TPSA) is 96.2 Å². The van der Waals surface area contributed by atoms with Gasteiger partial charge >= 0.3 is 5.97 Å². The Kier molecular flexibility index (Phi) is 4.41. The molecule has 2 rings (SSSR count). The van der Waals surface area contributed by atoms with Crippen molar-refractivity contribution in [3.8, 4) is 23.0 Å². The molecule has 6 heteroatoms. The van der Waals surface area contributed by atoms with Gasteiger partial charge in [-0.3, -0.25) is 0 Å². The normalized spacial score (nSPS) is 10.3. The fourth-order valence-electron chi connectivity index (χ4n) is 2.18. The van der Waals surface area contributed by atoms with E-state index in [9.17, 15) is 20.1 Å². The van der Waals surface area contributed by atoms with Crippen molar-refractivity contribution in [2.75, 3.05) is 14.2 Å². The van der Waals surface area contributed by atoms with Crippen LogP contribution >= 0.6 is 0 Å². The lowest BCUT2D eigenvalue weighted by Gasteiger charge is -2.13. The van der Waals surface area contributed by atoms with Gasteiger partial charge in [-0.2, -0.15) is 0 Å². The molecule has 116 valence electrons. The summed E-state index contributed by atoms with van der Waals surface area (Å²) >= 11 is 0. The highest BCUT2D eigenvalue weighted by Gasteiger charge is 2.17. The standard InChI is InChI=1S/C16H16O6/c1-21-14-8-15(22-2)12(16(19)20)6-10(14)5-9-3-4-11(17)7-13(9)18/h3-4,6-8,17-18H,5H2,1-2H3,(H,19,20). The monoisotopic (exact) mass is 304 g/mol. The third-order valence-corrected chi connectivity index (χ3v) is 3.28. The summed E-state index contributed by atoms with van der Waals surface area (Å²) in [5.41, 5.74) is 1.14. The summed E-state index contributed by atoms with van der Waals surface area (Å²) in [6.07, 6.45) is 0.250. The second-order valence-corrected chi connectivity index (χ2v) is 4.66. The first kappa shape index (κ1) is 15.5. The Hall–Kier alpha value is -2.89. The SMILES string of the molecule is COc1cc(OC)c(C(=O)O)cc1Cc1ccc(O)cc1O. The summed E-state index contributed by atoms with van der Waals surface area (Å²) < 4.78 is 10.3. The Balaban J connectivity index is 2.49. The Bertz CT molecular complexity index is 708. The van der Waals surface area contributed by atoms with Gasteiger partial charge in [0.25, 0.3) is 0 Å². The number of aromatic carboxylic acids is 1. The minimum Gasteiger partial charge on any atom is -0.508 e.